The van der Waals surface area contributed by atoms with E-state index in [0.717, 1.165) is 5.71 Å². The third-order valence-corrected chi connectivity index (χ3v) is 3.11. The van der Waals surface area contributed by atoms with E-state index in [4.69, 9.17) is 16.3 Å². The Morgan fingerprint density at radius 3 is 2.35 bits per heavy atom. The maximum absolute atomic E-state index is 12.2. The van der Waals surface area contributed by atoms with Crippen LogP contribution in [0, 0.1) is 11.8 Å². The average molecular weight is 297 g/mol. The van der Waals surface area contributed by atoms with Gasteiger partial charge < -0.3 is 4.74 Å². The van der Waals surface area contributed by atoms with Gasteiger partial charge in [0, 0.05) is 10.7 Å². The lowest BCUT2D eigenvalue weighted by Crippen LogP contribution is -2.24. The highest BCUT2D eigenvalue weighted by molar-refractivity contribution is 6.31. The van der Waals surface area contributed by atoms with Gasteiger partial charge in [-0.1, -0.05) is 39.3 Å². The van der Waals surface area contributed by atoms with E-state index in [0.29, 0.717) is 16.3 Å². The van der Waals surface area contributed by atoms with Crippen molar-refractivity contribution < 1.29 is 9.53 Å². The Hall–Kier alpha value is -1.55. The molecule has 4 nitrogen and oxygen atoms in total. The van der Waals surface area contributed by atoms with Crippen molar-refractivity contribution in [2.75, 3.05) is 7.11 Å². The van der Waals surface area contributed by atoms with E-state index in [1.165, 1.54) is 7.11 Å². The van der Waals surface area contributed by atoms with Crippen molar-refractivity contribution in [1.82, 2.24) is 5.43 Å². The van der Waals surface area contributed by atoms with E-state index >= 15 is 0 Å². The lowest BCUT2D eigenvalue weighted by molar-refractivity contribution is 0.0951. The number of hydrazone groups is 1. The summed E-state index contributed by atoms with van der Waals surface area (Å²) in [6, 6.07) is 4.90. The van der Waals surface area contributed by atoms with E-state index in [1.807, 2.05) is 27.7 Å². The predicted octanol–water partition coefficient (Wildman–Crippen LogP) is 3.75. The molecule has 0 aliphatic heterocycles. The van der Waals surface area contributed by atoms with Crippen molar-refractivity contribution in [3.63, 3.8) is 0 Å². The van der Waals surface area contributed by atoms with Gasteiger partial charge in [0.15, 0.2) is 0 Å². The Bertz CT molecular complexity index is 501. The van der Waals surface area contributed by atoms with E-state index in [-0.39, 0.29) is 17.7 Å². The highest BCUT2D eigenvalue weighted by Gasteiger charge is 2.14. The molecule has 0 aliphatic carbocycles. The summed E-state index contributed by atoms with van der Waals surface area (Å²) >= 11 is 5.91. The molecule has 1 N–H and O–H groups in total. The Morgan fingerprint density at radius 1 is 1.25 bits per heavy atom. The van der Waals surface area contributed by atoms with Gasteiger partial charge in [0.25, 0.3) is 5.91 Å². The molecule has 0 aliphatic rings. The lowest BCUT2D eigenvalue weighted by Gasteiger charge is -2.14. The number of methoxy groups -OCH3 is 1. The maximum atomic E-state index is 12.2. The van der Waals surface area contributed by atoms with Gasteiger partial charge in [0.1, 0.15) is 5.75 Å². The molecule has 1 aromatic rings. The highest BCUT2D eigenvalue weighted by Crippen LogP contribution is 2.22. The SMILES string of the molecule is COc1ccc(Cl)cc1C(=O)NN=C(C(C)C)C(C)C. The highest BCUT2D eigenvalue weighted by atomic mass is 35.5. The number of hydrogen-bond acceptors (Lipinski definition) is 3. The molecule has 1 aromatic carbocycles. The monoisotopic (exact) mass is 296 g/mol. The summed E-state index contributed by atoms with van der Waals surface area (Å²) in [5.41, 5.74) is 3.89. The van der Waals surface area contributed by atoms with Gasteiger partial charge in [-0.15, -0.1) is 0 Å². The molecule has 1 rings (SSSR count). The van der Waals surface area contributed by atoms with E-state index < -0.39 is 0 Å². The largest absolute Gasteiger partial charge is 0.496 e. The molecule has 0 bridgehead atoms. The number of carbonyl (C=O) groups excluding carboxylic acids is 1. The zero-order chi connectivity index (χ0) is 15.3. The van der Waals surface area contributed by atoms with Gasteiger partial charge in [-0.2, -0.15) is 5.10 Å². The summed E-state index contributed by atoms with van der Waals surface area (Å²) < 4.78 is 5.16. The predicted molar refractivity (Wildman–Crippen MR) is 82.6 cm³/mol. The fourth-order valence-corrected chi connectivity index (χ4v) is 2.13. The third-order valence-electron chi connectivity index (χ3n) is 2.88. The first-order valence-corrected chi connectivity index (χ1v) is 6.96. The van der Waals surface area contributed by atoms with Crippen molar-refractivity contribution in [2.24, 2.45) is 16.9 Å². The number of amides is 1. The van der Waals surface area contributed by atoms with Crippen LogP contribution >= 0.6 is 11.6 Å². The van der Waals surface area contributed by atoms with Crippen LogP contribution in [0.2, 0.25) is 5.02 Å². The molecule has 0 aromatic heterocycles. The Kier molecular flexibility index (Phi) is 6.02. The molecule has 0 unspecified atom stereocenters. The van der Waals surface area contributed by atoms with Crippen molar-refractivity contribution in [3.05, 3.63) is 28.8 Å². The first kappa shape index (κ1) is 16.5. The van der Waals surface area contributed by atoms with E-state index in [2.05, 4.69) is 10.5 Å². The van der Waals surface area contributed by atoms with Crippen molar-refractivity contribution >= 4 is 23.2 Å². The van der Waals surface area contributed by atoms with Crippen molar-refractivity contribution in [3.8, 4) is 5.75 Å². The van der Waals surface area contributed by atoms with Crippen LogP contribution in [0.25, 0.3) is 0 Å². The van der Waals surface area contributed by atoms with Crippen LogP contribution in [0.4, 0.5) is 0 Å². The number of carbonyl (C=O) groups is 1. The molecular weight excluding hydrogens is 276 g/mol. The normalized spacial score (nSPS) is 10.6. The summed E-state index contributed by atoms with van der Waals surface area (Å²) in [6.45, 7) is 8.19. The van der Waals surface area contributed by atoms with Crippen LogP contribution in [0.3, 0.4) is 0 Å². The summed E-state index contributed by atoms with van der Waals surface area (Å²) in [7, 11) is 1.51. The minimum absolute atomic E-state index is 0.275. The number of nitrogens with zero attached hydrogens (tertiary/aromatic N) is 1. The molecule has 0 heterocycles. The van der Waals surface area contributed by atoms with E-state index in [1.54, 1.807) is 18.2 Å². The molecule has 0 spiro atoms. The molecule has 0 atom stereocenters. The topological polar surface area (TPSA) is 50.7 Å². The molecule has 110 valence electrons. The Balaban J connectivity index is 2.97. The standard InChI is InChI=1S/C15H21ClN2O2/c1-9(2)14(10(3)4)17-18-15(19)12-8-11(16)6-7-13(12)20-5/h6-10H,1-5H3,(H,18,19). The third kappa shape index (κ3) is 4.23. The van der Waals surface area contributed by atoms with Gasteiger partial charge in [-0.25, -0.2) is 5.43 Å². The number of benzene rings is 1. The van der Waals surface area contributed by atoms with E-state index in [9.17, 15) is 4.79 Å². The second kappa shape index (κ2) is 7.29. The number of ether oxygens (including phenoxy) is 1. The zero-order valence-corrected chi connectivity index (χ0v) is 13.3. The average Bonchev–Trinajstić information content (AvgIpc) is 2.37. The molecule has 0 saturated heterocycles. The number of halogens is 1. The second-order valence-corrected chi connectivity index (χ2v) is 5.57. The molecule has 5 heteroatoms. The van der Waals surface area contributed by atoms with Gasteiger partial charge in [0.2, 0.25) is 0 Å². The van der Waals surface area contributed by atoms with Gasteiger partial charge in [-0.3, -0.25) is 4.79 Å². The van der Waals surface area contributed by atoms with Crippen LogP contribution in [0.5, 0.6) is 5.75 Å². The maximum Gasteiger partial charge on any atom is 0.275 e. The molecular formula is C15H21ClN2O2. The molecule has 1 amide bonds. The number of rotatable bonds is 5. The Labute approximate surface area is 125 Å². The fraction of sp³-hybridized carbons (Fsp3) is 0.467. The summed E-state index contributed by atoms with van der Waals surface area (Å²) in [5, 5.41) is 4.70. The molecule has 20 heavy (non-hydrogen) atoms. The molecule has 0 radical (unpaired) electrons. The molecule has 0 saturated carbocycles. The zero-order valence-electron chi connectivity index (χ0n) is 12.5. The lowest BCUT2D eigenvalue weighted by atomic mass is 9.98. The van der Waals surface area contributed by atoms with Crippen LogP contribution in [-0.4, -0.2) is 18.7 Å². The minimum atomic E-state index is -0.330. The number of hydrogen-bond donors (Lipinski definition) is 1. The summed E-state index contributed by atoms with van der Waals surface area (Å²) in [6.07, 6.45) is 0. The summed E-state index contributed by atoms with van der Waals surface area (Å²) in [5.74, 6) is 0.689. The van der Waals surface area contributed by atoms with Crippen molar-refractivity contribution in [1.29, 1.82) is 0 Å². The minimum Gasteiger partial charge on any atom is -0.496 e. The first-order chi connectivity index (χ1) is 9.36. The van der Waals surface area contributed by atoms with Gasteiger partial charge in [0.05, 0.1) is 12.7 Å². The smallest absolute Gasteiger partial charge is 0.275 e. The fourth-order valence-electron chi connectivity index (χ4n) is 1.96. The Morgan fingerprint density at radius 2 is 1.85 bits per heavy atom. The van der Waals surface area contributed by atoms with Gasteiger partial charge >= 0.3 is 0 Å². The number of nitrogens with one attached hydrogen (secondary N) is 1. The van der Waals surface area contributed by atoms with Gasteiger partial charge in [-0.05, 0) is 30.0 Å². The van der Waals surface area contributed by atoms with Crippen LogP contribution in [0.15, 0.2) is 23.3 Å². The quantitative estimate of drug-likeness (QED) is 0.664. The van der Waals surface area contributed by atoms with Crippen LogP contribution in [0.1, 0.15) is 38.1 Å². The second-order valence-electron chi connectivity index (χ2n) is 5.13. The van der Waals surface area contributed by atoms with Crippen LogP contribution in [-0.2, 0) is 0 Å². The van der Waals surface area contributed by atoms with Crippen LogP contribution < -0.4 is 10.2 Å². The summed E-state index contributed by atoms with van der Waals surface area (Å²) in [4.78, 5) is 12.2. The molecule has 0 fully saturated rings. The first-order valence-electron chi connectivity index (χ1n) is 6.58. The van der Waals surface area contributed by atoms with Crippen molar-refractivity contribution in [2.45, 2.75) is 27.7 Å².